The highest BCUT2D eigenvalue weighted by molar-refractivity contribution is 6.31. The number of halogens is 1. The Bertz CT molecular complexity index is 758. The number of aromatic nitrogens is 3. The van der Waals surface area contributed by atoms with E-state index in [1.54, 1.807) is 18.3 Å². The molecular formula is C15H12ClN3O2. The summed E-state index contributed by atoms with van der Waals surface area (Å²) in [5.41, 5.74) is 1.38. The van der Waals surface area contributed by atoms with Gasteiger partial charge in [0, 0.05) is 6.20 Å². The molecule has 1 aromatic carbocycles. The van der Waals surface area contributed by atoms with Crippen LogP contribution in [0.5, 0.6) is 5.75 Å². The highest BCUT2D eigenvalue weighted by atomic mass is 35.5. The van der Waals surface area contributed by atoms with Crippen molar-refractivity contribution in [3.63, 3.8) is 0 Å². The van der Waals surface area contributed by atoms with Crippen LogP contribution in [0.1, 0.15) is 6.92 Å². The number of ether oxygens (including phenoxy) is 1. The van der Waals surface area contributed by atoms with Gasteiger partial charge < -0.3 is 9.26 Å². The monoisotopic (exact) mass is 301 g/mol. The minimum Gasteiger partial charge on any atom is -0.493 e. The van der Waals surface area contributed by atoms with Crippen LogP contribution in [0.4, 0.5) is 0 Å². The van der Waals surface area contributed by atoms with Crippen LogP contribution in [0.15, 0.2) is 47.1 Å². The molecule has 3 aromatic rings. The molecule has 0 unspecified atom stereocenters. The number of benzene rings is 1. The lowest BCUT2D eigenvalue weighted by Crippen LogP contribution is -1.94. The van der Waals surface area contributed by atoms with Crippen molar-refractivity contribution in [2.45, 2.75) is 6.92 Å². The first-order chi connectivity index (χ1) is 10.3. The maximum absolute atomic E-state index is 6.03. The molecule has 0 aliphatic heterocycles. The number of hydrogen-bond donors (Lipinski definition) is 0. The normalized spacial score (nSPS) is 10.6. The first-order valence-electron chi connectivity index (χ1n) is 6.46. The van der Waals surface area contributed by atoms with E-state index in [1.165, 1.54) is 0 Å². The average Bonchev–Trinajstić information content (AvgIpc) is 2.98. The van der Waals surface area contributed by atoms with Crippen LogP contribution in [-0.4, -0.2) is 21.7 Å². The van der Waals surface area contributed by atoms with Gasteiger partial charge in [-0.15, -0.1) is 0 Å². The smallest absolute Gasteiger partial charge is 0.261 e. The van der Waals surface area contributed by atoms with Gasteiger partial charge in [0.05, 0.1) is 17.7 Å². The second-order valence-corrected chi connectivity index (χ2v) is 4.55. The summed E-state index contributed by atoms with van der Waals surface area (Å²) in [6.45, 7) is 2.49. The van der Waals surface area contributed by atoms with E-state index in [9.17, 15) is 0 Å². The van der Waals surface area contributed by atoms with E-state index < -0.39 is 0 Å². The zero-order valence-corrected chi connectivity index (χ0v) is 12.0. The number of pyridine rings is 1. The standard InChI is InChI=1S/C15H12ClN3O2/c1-2-20-12-8-4-3-6-10(12)14-18-15(21-19-14)11-7-5-9-17-13(11)16/h3-9H,2H2,1H3. The molecule has 6 heteroatoms. The van der Waals surface area contributed by atoms with Gasteiger partial charge in [-0.2, -0.15) is 4.98 Å². The van der Waals surface area contributed by atoms with Gasteiger partial charge in [0.25, 0.3) is 5.89 Å². The molecule has 0 spiro atoms. The number of nitrogens with zero attached hydrogens (tertiary/aromatic N) is 3. The maximum Gasteiger partial charge on any atom is 0.261 e. The van der Waals surface area contributed by atoms with Crippen molar-refractivity contribution >= 4 is 11.6 Å². The Morgan fingerprint density at radius 2 is 1.95 bits per heavy atom. The van der Waals surface area contributed by atoms with Gasteiger partial charge in [0.15, 0.2) is 0 Å². The lowest BCUT2D eigenvalue weighted by Gasteiger charge is -2.05. The van der Waals surface area contributed by atoms with Crippen molar-refractivity contribution in [2.24, 2.45) is 0 Å². The van der Waals surface area contributed by atoms with Crippen LogP contribution in [0.3, 0.4) is 0 Å². The largest absolute Gasteiger partial charge is 0.493 e. The fourth-order valence-electron chi connectivity index (χ4n) is 1.92. The summed E-state index contributed by atoms with van der Waals surface area (Å²) < 4.78 is 10.8. The second kappa shape index (κ2) is 5.93. The molecule has 0 radical (unpaired) electrons. The zero-order chi connectivity index (χ0) is 14.7. The predicted molar refractivity (Wildman–Crippen MR) is 79.1 cm³/mol. The Balaban J connectivity index is 2.01. The molecule has 106 valence electrons. The van der Waals surface area contributed by atoms with E-state index in [0.717, 1.165) is 5.56 Å². The molecule has 5 nitrogen and oxygen atoms in total. The Labute approximate surface area is 126 Å². The predicted octanol–water partition coefficient (Wildman–Crippen LogP) is 3.85. The molecule has 21 heavy (non-hydrogen) atoms. The second-order valence-electron chi connectivity index (χ2n) is 4.19. The van der Waals surface area contributed by atoms with E-state index in [2.05, 4.69) is 15.1 Å². The molecule has 0 fully saturated rings. The Kier molecular flexibility index (Phi) is 3.83. The summed E-state index contributed by atoms with van der Waals surface area (Å²) in [5.74, 6) is 1.49. The number of para-hydroxylation sites is 1. The van der Waals surface area contributed by atoms with Crippen molar-refractivity contribution in [2.75, 3.05) is 6.61 Å². The van der Waals surface area contributed by atoms with Crippen LogP contribution in [0.25, 0.3) is 22.8 Å². The minimum atomic E-state index is 0.325. The lowest BCUT2D eigenvalue weighted by molar-refractivity contribution is 0.341. The van der Waals surface area contributed by atoms with Crippen molar-refractivity contribution in [1.29, 1.82) is 0 Å². The molecular weight excluding hydrogens is 290 g/mol. The fourth-order valence-corrected chi connectivity index (χ4v) is 2.12. The van der Waals surface area contributed by atoms with Gasteiger partial charge >= 0.3 is 0 Å². The molecule has 0 amide bonds. The molecule has 0 saturated carbocycles. The quantitative estimate of drug-likeness (QED) is 0.685. The molecule has 2 aromatic heterocycles. The summed E-state index contributed by atoms with van der Waals surface area (Å²) in [5, 5.41) is 4.32. The third kappa shape index (κ3) is 2.73. The molecule has 0 N–H and O–H groups in total. The molecule has 0 atom stereocenters. The molecule has 0 aliphatic carbocycles. The summed E-state index contributed by atoms with van der Waals surface area (Å²) in [7, 11) is 0. The van der Waals surface area contributed by atoms with Gasteiger partial charge in [-0.05, 0) is 31.2 Å². The van der Waals surface area contributed by atoms with Gasteiger partial charge in [-0.25, -0.2) is 4.98 Å². The van der Waals surface area contributed by atoms with E-state index in [0.29, 0.717) is 34.8 Å². The molecule has 0 saturated heterocycles. The molecule has 0 aliphatic rings. The lowest BCUT2D eigenvalue weighted by atomic mass is 10.2. The average molecular weight is 302 g/mol. The topological polar surface area (TPSA) is 61.0 Å². The van der Waals surface area contributed by atoms with Crippen molar-refractivity contribution in [3.05, 3.63) is 47.7 Å². The first-order valence-corrected chi connectivity index (χ1v) is 6.84. The fraction of sp³-hybridized carbons (Fsp3) is 0.133. The van der Waals surface area contributed by atoms with E-state index in [4.69, 9.17) is 20.9 Å². The Morgan fingerprint density at radius 3 is 2.76 bits per heavy atom. The summed E-state index contributed by atoms with van der Waals surface area (Å²) in [6, 6.07) is 11.1. The van der Waals surface area contributed by atoms with Crippen LogP contribution in [-0.2, 0) is 0 Å². The van der Waals surface area contributed by atoms with E-state index >= 15 is 0 Å². The van der Waals surface area contributed by atoms with Crippen LogP contribution < -0.4 is 4.74 Å². The van der Waals surface area contributed by atoms with Crippen molar-refractivity contribution in [1.82, 2.24) is 15.1 Å². The highest BCUT2D eigenvalue weighted by Crippen LogP contribution is 2.30. The third-order valence-electron chi connectivity index (χ3n) is 2.84. The Morgan fingerprint density at radius 1 is 1.14 bits per heavy atom. The first kappa shape index (κ1) is 13.6. The van der Waals surface area contributed by atoms with Crippen LogP contribution in [0, 0.1) is 0 Å². The minimum absolute atomic E-state index is 0.325. The van der Waals surface area contributed by atoms with E-state index in [-0.39, 0.29) is 0 Å². The van der Waals surface area contributed by atoms with Crippen LogP contribution in [0.2, 0.25) is 5.15 Å². The summed E-state index contributed by atoms with van der Waals surface area (Å²) in [6.07, 6.45) is 1.60. The van der Waals surface area contributed by atoms with E-state index in [1.807, 2.05) is 31.2 Å². The van der Waals surface area contributed by atoms with Crippen LogP contribution >= 0.6 is 11.6 Å². The third-order valence-corrected chi connectivity index (χ3v) is 3.14. The zero-order valence-electron chi connectivity index (χ0n) is 11.3. The van der Waals surface area contributed by atoms with Gasteiger partial charge in [-0.3, -0.25) is 0 Å². The molecule has 2 heterocycles. The Hall–Kier alpha value is -2.40. The SMILES string of the molecule is CCOc1ccccc1-c1noc(-c2cccnc2Cl)n1. The summed E-state index contributed by atoms with van der Waals surface area (Å²) in [4.78, 5) is 8.37. The van der Waals surface area contributed by atoms with Crippen molar-refractivity contribution in [3.8, 4) is 28.6 Å². The number of rotatable bonds is 4. The van der Waals surface area contributed by atoms with Gasteiger partial charge in [0.2, 0.25) is 5.82 Å². The molecule has 3 rings (SSSR count). The highest BCUT2D eigenvalue weighted by Gasteiger charge is 2.16. The maximum atomic E-state index is 6.03. The number of hydrogen-bond acceptors (Lipinski definition) is 5. The van der Waals surface area contributed by atoms with Gasteiger partial charge in [-0.1, -0.05) is 28.9 Å². The summed E-state index contributed by atoms with van der Waals surface area (Å²) >= 11 is 6.03. The van der Waals surface area contributed by atoms with Crippen molar-refractivity contribution < 1.29 is 9.26 Å². The molecule has 0 bridgehead atoms. The van der Waals surface area contributed by atoms with Gasteiger partial charge in [0.1, 0.15) is 10.9 Å².